The van der Waals surface area contributed by atoms with Crippen LogP contribution in [-0.4, -0.2) is 26.2 Å². The minimum Gasteiger partial charge on any atom is -0.497 e. The quantitative estimate of drug-likeness (QED) is 0.923. The van der Waals surface area contributed by atoms with Gasteiger partial charge in [-0.1, -0.05) is 18.2 Å². The molecule has 0 spiro atoms. The van der Waals surface area contributed by atoms with E-state index < -0.39 is 21.9 Å². The fourth-order valence-corrected chi connectivity index (χ4v) is 3.45. The van der Waals surface area contributed by atoms with Crippen LogP contribution in [0.1, 0.15) is 17.2 Å². The molecule has 1 aliphatic heterocycles. The molecule has 1 heterocycles. The Hall–Kier alpha value is -2.38. The van der Waals surface area contributed by atoms with Crippen LogP contribution in [0.3, 0.4) is 0 Å². The lowest BCUT2D eigenvalue weighted by Gasteiger charge is -2.23. The normalized spacial score (nSPS) is 18.1. The summed E-state index contributed by atoms with van der Waals surface area (Å²) < 4.78 is 44.5. The summed E-state index contributed by atoms with van der Waals surface area (Å²) in [6.07, 6.45) is 2.78. The first-order valence-electron chi connectivity index (χ1n) is 7.27. The smallest absolute Gasteiger partial charge is 0.228 e. The van der Waals surface area contributed by atoms with Crippen LogP contribution >= 0.6 is 0 Å². The van der Waals surface area contributed by atoms with Crippen molar-refractivity contribution in [3.05, 3.63) is 71.6 Å². The van der Waals surface area contributed by atoms with Gasteiger partial charge in [-0.15, -0.1) is 4.41 Å². The first-order chi connectivity index (χ1) is 11.4. The van der Waals surface area contributed by atoms with Gasteiger partial charge in [0.15, 0.2) is 0 Å². The van der Waals surface area contributed by atoms with Crippen LogP contribution < -0.4 is 10.2 Å². The molecule has 0 saturated carbocycles. The molecule has 0 aliphatic carbocycles. The third-order valence-corrected chi connectivity index (χ3v) is 4.82. The van der Waals surface area contributed by atoms with Crippen LogP contribution in [0, 0.1) is 5.82 Å². The van der Waals surface area contributed by atoms with Crippen LogP contribution in [0.25, 0.3) is 5.70 Å². The fraction of sp³-hybridized carbons (Fsp3) is 0.176. The second-order valence-electron chi connectivity index (χ2n) is 5.45. The Morgan fingerprint density at radius 3 is 2.38 bits per heavy atom. The highest BCUT2D eigenvalue weighted by Crippen LogP contribution is 2.34. The van der Waals surface area contributed by atoms with Gasteiger partial charge < -0.3 is 10.2 Å². The van der Waals surface area contributed by atoms with Crippen molar-refractivity contribution >= 4 is 15.7 Å². The van der Waals surface area contributed by atoms with Gasteiger partial charge in [0.25, 0.3) is 0 Å². The predicted octanol–water partition coefficient (Wildman–Crippen LogP) is 2.70. The summed E-state index contributed by atoms with van der Waals surface area (Å²) in [5.74, 6) is 0.244. The van der Waals surface area contributed by atoms with E-state index in [2.05, 4.69) is 5.43 Å². The summed E-state index contributed by atoms with van der Waals surface area (Å²) in [7, 11) is -2.02. The third kappa shape index (κ3) is 3.13. The van der Waals surface area contributed by atoms with Gasteiger partial charge in [-0.2, -0.15) is 0 Å². The van der Waals surface area contributed by atoms with E-state index in [4.69, 9.17) is 4.74 Å². The molecule has 5 nitrogen and oxygen atoms in total. The van der Waals surface area contributed by atoms with E-state index in [9.17, 15) is 12.8 Å². The minimum atomic E-state index is -3.59. The van der Waals surface area contributed by atoms with E-state index in [1.165, 1.54) is 6.07 Å². The molecule has 1 aliphatic rings. The largest absolute Gasteiger partial charge is 0.497 e. The molecule has 1 N–H and O–H groups in total. The number of hydrazine groups is 1. The van der Waals surface area contributed by atoms with Gasteiger partial charge in [0.1, 0.15) is 11.6 Å². The molecule has 1 unspecified atom stereocenters. The average Bonchev–Trinajstić information content (AvgIpc) is 3.01. The van der Waals surface area contributed by atoms with Crippen molar-refractivity contribution in [2.45, 2.75) is 6.04 Å². The maximum Gasteiger partial charge on any atom is 0.228 e. The SMILES string of the molecule is COc1ccc(C2=CC(c3ccccc3F)N(S(C)(=O)=O)N2)cc1. The van der Waals surface area contributed by atoms with E-state index in [0.29, 0.717) is 17.0 Å². The molecule has 0 saturated heterocycles. The van der Waals surface area contributed by atoms with E-state index in [1.54, 1.807) is 43.5 Å². The second kappa shape index (κ2) is 6.26. The summed E-state index contributed by atoms with van der Waals surface area (Å²) in [5, 5.41) is 0. The maximum atomic E-state index is 14.1. The lowest BCUT2D eigenvalue weighted by molar-refractivity contribution is 0.344. The molecule has 0 amide bonds. The van der Waals surface area contributed by atoms with Crippen molar-refractivity contribution in [3.63, 3.8) is 0 Å². The summed E-state index contributed by atoms with van der Waals surface area (Å²) in [6.45, 7) is 0. The van der Waals surface area contributed by atoms with Gasteiger partial charge in [0, 0.05) is 5.56 Å². The van der Waals surface area contributed by atoms with E-state index in [0.717, 1.165) is 16.2 Å². The van der Waals surface area contributed by atoms with Gasteiger partial charge in [-0.05, 0) is 42.0 Å². The number of rotatable bonds is 4. The topological polar surface area (TPSA) is 58.6 Å². The number of nitrogens with one attached hydrogen (secondary N) is 1. The van der Waals surface area contributed by atoms with E-state index in [-0.39, 0.29) is 0 Å². The van der Waals surface area contributed by atoms with Crippen LogP contribution in [0.15, 0.2) is 54.6 Å². The molecule has 0 radical (unpaired) electrons. The number of sulfonamides is 1. The summed E-state index contributed by atoms with van der Waals surface area (Å²) in [5.41, 5.74) is 4.52. The third-order valence-electron chi connectivity index (χ3n) is 3.79. The Bertz CT molecular complexity index is 879. The highest BCUT2D eigenvalue weighted by atomic mass is 32.2. The zero-order chi connectivity index (χ0) is 17.3. The summed E-state index contributed by atoms with van der Waals surface area (Å²) in [4.78, 5) is 0. The molecule has 24 heavy (non-hydrogen) atoms. The number of methoxy groups -OCH3 is 1. The maximum absolute atomic E-state index is 14.1. The second-order valence-corrected chi connectivity index (χ2v) is 7.31. The van der Waals surface area contributed by atoms with Gasteiger partial charge in [0.05, 0.1) is 25.1 Å². The van der Waals surface area contributed by atoms with Crippen molar-refractivity contribution in [1.82, 2.24) is 9.84 Å². The Morgan fingerprint density at radius 2 is 1.79 bits per heavy atom. The molecule has 3 rings (SSSR count). The highest BCUT2D eigenvalue weighted by molar-refractivity contribution is 7.88. The summed E-state index contributed by atoms with van der Waals surface area (Å²) >= 11 is 0. The summed E-state index contributed by atoms with van der Waals surface area (Å²) in [6, 6.07) is 12.6. The number of ether oxygens (including phenoxy) is 1. The lowest BCUT2D eigenvalue weighted by Crippen LogP contribution is -2.38. The molecule has 1 atom stereocenters. The number of benzene rings is 2. The van der Waals surface area contributed by atoms with Crippen molar-refractivity contribution in [1.29, 1.82) is 0 Å². The Morgan fingerprint density at radius 1 is 1.12 bits per heavy atom. The van der Waals surface area contributed by atoms with Crippen molar-refractivity contribution in [2.24, 2.45) is 0 Å². The predicted molar refractivity (Wildman–Crippen MR) is 89.9 cm³/mol. The standard InChI is InChI=1S/C17H17FN2O3S/c1-23-13-9-7-12(8-10-13)16-11-17(20(19-16)24(2,21)22)14-5-3-4-6-15(14)18/h3-11,17,19H,1-2H3. The van der Waals surface area contributed by atoms with Crippen molar-refractivity contribution in [2.75, 3.05) is 13.4 Å². The van der Waals surface area contributed by atoms with Gasteiger partial charge >= 0.3 is 0 Å². The number of nitrogens with zero attached hydrogens (tertiary/aromatic N) is 1. The molecule has 0 bridgehead atoms. The number of hydrogen-bond acceptors (Lipinski definition) is 4. The molecule has 2 aromatic rings. The molecular formula is C17H17FN2O3S. The fourth-order valence-electron chi connectivity index (χ4n) is 2.60. The van der Waals surface area contributed by atoms with Gasteiger partial charge in [-0.25, -0.2) is 12.8 Å². The lowest BCUT2D eigenvalue weighted by atomic mass is 10.0. The number of halogens is 1. The zero-order valence-electron chi connectivity index (χ0n) is 13.2. The molecule has 0 aromatic heterocycles. The Kier molecular flexibility index (Phi) is 4.29. The van der Waals surface area contributed by atoms with Crippen molar-refractivity contribution in [3.8, 4) is 5.75 Å². The Balaban J connectivity index is 2.03. The van der Waals surface area contributed by atoms with Crippen LogP contribution in [-0.2, 0) is 10.0 Å². The average molecular weight is 348 g/mol. The molecular weight excluding hydrogens is 331 g/mol. The monoisotopic (exact) mass is 348 g/mol. The van der Waals surface area contributed by atoms with Crippen LogP contribution in [0.2, 0.25) is 0 Å². The zero-order valence-corrected chi connectivity index (χ0v) is 14.0. The van der Waals surface area contributed by atoms with E-state index >= 15 is 0 Å². The van der Waals surface area contributed by atoms with Crippen LogP contribution in [0.5, 0.6) is 5.75 Å². The number of hydrogen-bond donors (Lipinski definition) is 1. The molecule has 126 valence electrons. The Labute approximate surface area is 140 Å². The minimum absolute atomic E-state index is 0.291. The first-order valence-corrected chi connectivity index (χ1v) is 9.12. The van der Waals surface area contributed by atoms with Crippen LogP contribution in [0.4, 0.5) is 4.39 Å². The van der Waals surface area contributed by atoms with Crippen molar-refractivity contribution < 1.29 is 17.5 Å². The molecule has 0 fully saturated rings. The van der Waals surface area contributed by atoms with Gasteiger partial charge in [-0.3, -0.25) is 0 Å². The highest BCUT2D eigenvalue weighted by Gasteiger charge is 2.34. The van der Waals surface area contributed by atoms with E-state index in [1.807, 2.05) is 12.1 Å². The van der Waals surface area contributed by atoms with Gasteiger partial charge in [0.2, 0.25) is 10.0 Å². The molecule has 7 heteroatoms. The first kappa shape index (κ1) is 16.5. The molecule has 2 aromatic carbocycles.